The van der Waals surface area contributed by atoms with E-state index in [0.717, 1.165) is 0 Å². The fraction of sp³-hybridized carbons (Fsp3) is 0.444. The molecule has 0 saturated heterocycles. The molecule has 1 unspecified atom stereocenters. The molecule has 2 N–H and O–H groups in total. The van der Waals surface area contributed by atoms with Crippen molar-refractivity contribution in [3.63, 3.8) is 0 Å². The van der Waals surface area contributed by atoms with Gasteiger partial charge in [-0.15, -0.1) is 11.3 Å². The Balaban J connectivity index is 2.79. The molecular formula is C9H12ClNOS. The second kappa shape index (κ2) is 4.22. The molecular weight excluding hydrogens is 206 g/mol. The van der Waals surface area contributed by atoms with Crippen LogP contribution in [0.5, 0.6) is 0 Å². The lowest BCUT2D eigenvalue weighted by Gasteiger charge is -2.12. The summed E-state index contributed by atoms with van der Waals surface area (Å²) in [4.78, 5) is 12.3. The first kappa shape index (κ1) is 10.7. The molecule has 0 bridgehead atoms. The maximum Gasteiger partial charge on any atom is 0.189 e. The molecule has 0 aliphatic heterocycles. The van der Waals surface area contributed by atoms with Crippen molar-refractivity contribution in [2.45, 2.75) is 19.9 Å². The van der Waals surface area contributed by atoms with Crippen LogP contribution in [0.3, 0.4) is 0 Å². The van der Waals surface area contributed by atoms with Crippen LogP contribution in [-0.2, 0) is 0 Å². The highest BCUT2D eigenvalue weighted by molar-refractivity contribution is 7.18. The van der Waals surface area contributed by atoms with Crippen molar-refractivity contribution in [1.29, 1.82) is 0 Å². The van der Waals surface area contributed by atoms with Crippen molar-refractivity contribution in [2.75, 3.05) is 0 Å². The molecule has 1 heterocycles. The Morgan fingerprint density at radius 2 is 2.15 bits per heavy atom. The van der Waals surface area contributed by atoms with E-state index >= 15 is 0 Å². The highest BCUT2D eigenvalue weighted by atomic mass is 35.5. The Labute approximate surface area is 86.7 Å². The maximum absolute atomic E-state index is 11.6. The van der Waals surface area contributed by atoms with Crippen LogP contribution in [-0.4, -0.2) is 11.8 Å². The molecule has 0 aromatic carbocycles. The number of rotatable bonds is 3. The average Bonchev–Trinajstić information content (AvgIpc) is 2.49. The number of hydrogen-bond donors (Lipinski definition) is 1. The molecule has 1 aromatic heterocycles. The number of nitrogens with two attached hydrogens (primary N) is 1. The molecule has 2 nitrogen and oxygen atoms in total. The molecule has 0 saturated carbocycles. The Hall–Kier alpha value is -0.380. The Kier molecular flexibility index (Phi) is 3.47. The molecule has 0 fully saturated rings. The van der Waals surface area contributed by atoms with Crippen LogP contribution in [0.15, 0.2) is 12.1 Å². The van der Waals surface area contributed by atoms with Gasteiger partial charge in [0.25, 0.3) is 0 Å². The van der Waals surface area contributed by atoms with Gasteiger partial charge in [0.15, 0.2) is 5.78 Å². The number of thiophene rings is 1. The topological polar surface area (TPSA) is 43.1 Å². The lowest BCUT2D eigenvalue weighted by molar-refractivity contribution is 0.0944. The molecule has 4 heteroatoms. The molecule has 0 aliphatic carbocycles. The standard InChI is InChI=1S/C9H12ClNOS/c1-5(2)8(11)9(12)6-3-4-7(10)13-6/h3-5,8H,11H2,1-2H3. The fourth-order valence-electron chi connectivity index (χ4n) is 0.914. The zero-order valence-corrected chi connectivity index (χ0v) is 9.15. The van der Waals surface area contributed by atoms with Gasteiger partial charge in [-0.25, -0.2) is 0 Å². The monoisotopic (exact) mass is 217 g/mol. The summed E-state index contributed by atoms with van der Waals surface area (Å²) in [7, 11) is 0. The molecule has 1 aromatic rings. The molecule has 72 valence electrons. The highest BCUT2D eigenvalue weighted by Crippen LogP contribution is 2.23. The van der Waals surface area contributed by atoms with E-state index in [1.54, 1.807) is 12.1 Å². The Morgan fingerprint density at radius 1 is 1.54 bits per heavy atom. The molecule has 0 aliphatic rings. The summed E-state index contributed by atoms with van der Waals surface area (Å²) in [6, 6.07) is 3.01. The number of halogens is 1. The van der Waals surface area contributed by atoms with E-state index in [1.165, 1.54) is 11.3 Å². The molecule has 0 amide bonds. The summed E-state index contributed by atoms with van der Waals surface area (Å²) in [6.45, 7) is 3.86. The summed E-state index contributed by atoms with van der Waals surface area (Å²) in [5.41, 5.74) is 5.72. The number of carbonyl (C=O) groups is 1. The quantitative estimate of drug-likeness (QED) is 0.791. The van der Waals surface area contributed by atoms with Gasteiger partial charge < -0.3 is 5.73 Å². The summed E-state index contributed by atoms with van der Waals surface area (Å²) in [6.07, 6.45) is 0. The van der Waals surface area contributed by atoms with Gasteiger partial charge in [-0.1, -0.05) is 25.4 Å². The summed E-state index contributed by atoms with van der Waals surface area (Å²) < 4.78 is 0.624. The van der Waals surface area contributed by atoms with Crippen LogP contribution >= 0.6 is 22.9 Å². The number of carbonyl (C=O) groups excluding carboxylic acids is 1. The van der Waals surface area contributed by atoms with Crippen LogP contribution in [0.2, 0.25) is 4.34 Å². The number of hydrogen-bond acceptors (Lipinski definition) is 3. The second-order valence-corrected chi connectivity index (χ2v) is 4.95. The van der Waals surface area contributed by atoms with Gasteiger partial charge in [0.2, 0.25) is 0 Å². The van der Waals surface area contributed by atoms with Crippen molar-refractivity contribution in [2.24, 2.45) is 11.7 Å². The van der Waals surface area contributed by atoms with Crippen LogP contribution < -0.4 is 5.73 Å². The first-order valence-electron chi connectivity index (χ1n) is 4.07. The third-order valence-corrected chi connectivity index (χ3v) is 3.08. The van der Waals surface area contributed by atoms with E-state index in [9.17, 15) is 4.79 Å². The SMILES string of the molecule is CC(C)C(N)C(=O)c1ccc(Cl)s1. The summed E-state index contributed by atoms with van der Waals surface area (Å²) in [5, 5.41) is 0. The van der Waals surface area contributed by atoms with E-state index in [-0.39, 0.29) is 11.7 Å². The third-order valence-electron chi connectivity index (χ3n) is 1.84. The molecule has 0 radical (unpaired) electrons. The van der Waals surface area contributed by atoms with Crippen molar-refractivity contribution in [3.05, 3.63) is 21.3 Å². The van der Waals surface area contributed by atoms with Gasteiger partial charge in [-0.2, -0.15) is 0 Å². The van der Waals surface area contributed by atoms with Crippen molar-refractivity contribution < 1.29 is 4.79 Å². The van der Waals surface area contributed by atoms with Gasteiger partial charge in [0.1, 0.15) is 0 Å². The van der Waals surface area contributed by atoms with Crippen molar-refractivity contribution in [3.8, 4) is 0 Å². The second-order valence-electron chi connectivity index (χ2n) is 3.24. The molecule has 1 atom stereocenters. The van der Waals surface area contributed by atoms with Gasteiger partial charge in [0.05, 0.1) is 15.3 Å². The van der Waals surface area contributed by atoms with Gasteiger partial charge in [0, 0.05) is 0 Å². The highest BCUT2D eigenvalue weighted by Gasteiger charge is 2.20. The van der Waals surface area contributed by atoms with Gasteiger partial charge in [-0.05, 0) is 18.1 Å². The maximum atomic E-state index is 11.6. The van der Waals surface area contributed by atoms with E-state index < -0.39 is 6.04 Å². The summed E-state index contributed by atoms with van der Waals surface area (Å²) in [5.74, 6) is 0.139. The van der Waals surface area contributed by atoms with Crippen LogP contribution in [0.4, 0.5) is 0 Å². The van der Waals surface area contributed by atoms with E-state index in [4.69, 9.17) is 17.3 Å². The Bertz CT molecular complexity index is 308. The number of ketones is 1. The van der Waals surface area contributed by atoms with Crippen LogP contribution in [0, 0.1) is 5.92 Å². The van der Waals surface area contributed by atoms with Gasteiger partial charge >= 0.3 is 0 Å². The fourth-order valence-corrected chi connectivity index (χ4v) is 1.95. The molecule has 1 rings (SSSR count). The first-order chi connectivity index (χ1) is 6.02. The zero-order valence-electron chi connectivity index (χ0n) is 7.58. The van der Waals surface area contributed by atoms with E-state index in [1.807, 2.05) is 13.8 Å². The van der Waals surface area contributed by atoms with Crippen molar-refractivity contribution in [1.82, 2.24) is 0 Å². The molecule has 0 spiro atoms. The lowest BCUT2D eigenvalue weighted by atomic mass is 10.0. The minimum absolute atomic E-state index is 0.0214. The van der Waals surface area contributed by atoms with Gasteiger partial charge in [-0.3, -0.25) is 4.79 Å². The third kappa shape index (κ3) is 2.53. The average molecular weight is 218 g/mol. The first-order valence-corrected chi connectivity index (χ1v) is 5.27. The number of Topliss-reactive ketones (excluding diaryl/α,β-unsaturated/α-hetero) is 1. The van der Waals surface area contributed by atoms with Crippen LogP contribution in [0.1, 0.15) is 23.5 Å². The van der Waals surface area contributed by atoms with E-state index in [2.05, 4.69) is 0 Å². The van der Waals surface area contributed by atoms with Crippen molar-refractivity contribution >= 4 is 28.7 Å². The largest absolute Gasteiger partial charge is 0.321 e. The summed E-state index contributed by atoms with van der Waals surface area (Å²) >= 11 is 6.99. The van der Waals surface area contributed by atoms with Crippen LogP contribution in [0.25, 0.3) is 0 Å². The van der Waals surface area contributed by atoms with E-state index in [0.29, 0.717) is 9.21 Å². The Morgan fingerprint density at radius 3 is 2.54 bits per heavy atom. The predicted octanol–water partition coefficient (Wildman–Crippen LogP) is 2.57. The minimum Gasteiger partial charge on any atom is -0.321 e. The lowest BCUT2D eigenvalue weighted by Crippen LogP contribution is -2.35. The molecule has 13 heavy (non-hydrogen) atoms. The predicted molar refractivity (Wildman–Crippen MR) is 56.5 cm³/mol. The normalized spacial score (nSPS) is 13.3. The smallest absolute Gasteiger partial charge is 0.189 e. The zero-order chi connectivity index (χ0) is 10.0. The minimum atomic E-state index is -0.422.